The van der Waals surface area contributed by atoms with Crippen molar-refractivity contribution >= 4 is 39.1 Å². The Morgan fingerprint density at radius 3 is 2.71 bits per heavy atom. The van der Waals surface area contributed by atoms with E-state index >= 15 is 0 Å². The van der Waals surface area contributed by atoms with E-state index in [-0.39, 0.29) is 36.5 Å². The lowest BCUT2D eigenvalue weighted by Crippen LogP contribution is -2.31. The standard InChI is InChI=1S/C21H20FN3O2S/c22-14-7-9-15(10-8-14)23-19(26)11-12-20(27)25-13-3-5-17(25)21-24-16-4-1-2-6-18(16)28-21/h1-2,4,6-10,17H,3,5,11-13H2,(H,23,26). The Hall–Kier alpha value is -2.80. The third-order valence-electron chi connectivity index (χ3n) is 4.86. The molecule has 1 atom stereocenters. The fourth-order valence-corrected chi connectivity index (χ4v) is 4.59. The number of carbonyl (C=O) groups excluding carboxylic acids is 2. The molecule has 4 rings (SSSR count). The third-order valence-corrected chi connectivity index (χ3v) is 6.00. The number of anilines is 1. The zero-order valence-corrected chi connectivity index (χ0v) is 16.0. The summed E-state index contributed by atoms with van der Waals surface area (Å²) in [6, 6.07) is 13.5. The highest BCUT2D eigenvalue weighted by Gasteiger charge is 2.32. The van der Waals surface area contributed by atoms with Crippen LogP contribution >= 0.6 is 11.3 Å². The van der Waals surface area contributed by atoms with Crippen LogP contribution in [0.3, 0.4) is 0 Å². The highest BCUT2D eigenvalue weighted by Crippen LogP contribution is 2.36. The molecule has 1 aliphatic rings. The van der Waals surface area contributed by atoms with E-state index < -0.39 is 0 Å². The first-order chi connectivity index (χ1) is 13.6. The summed E-state index contributed by atoms with van der Waals surface area (Å²) in [4.78, 5) is 31.4. The van der Waals surface area contributed by atoms with Crippen LogP contribution in [-0.2, 0) is 9.59 Å². The molecule has 0 bridgehead atoms. The molecule has 144 valence electrons. The van der Waals surface area contributed by atoms with Gasteiger partial charge in [0.25, 0.3) is 0 Å². The minimum Gasteiger partial charge on any atom is -0.333 e. The van der Waals surface area contributed by atoms with Gasteiger partial charge in [0.05, 0.1) is 16.3 Å². The number of benzene rings is 2. The van der Waals surface area contributed by atoms with Gasteiger partial charge in [-0.3, -0.25) is 9.59 Å². The number of hydrogen-bond donors (Lipinski definition) is 1. The molecule has 2 aromatic carbocycles. The first-order valence-corrected chi connectivity index (χ1v) is 10.1. The van der Waals surface area contributed by atoms with Crippen LogP contribution in [0.15, 0.2) is 48.5 Å². The molecule has 3 aromatic rings. The van der Waals surface area contributed by atoms with Crippen molar-refractivity contribution in [3.8, 4) is 0 Å². The number of aromatic nitrogens is 1. The fourth-order valence-electron chi connectivity index (χ4n) is 3.48. The van der Waals surface area contributed by atoms with Crippen LogP contribution in [0.1, 0.15) is 36.7 Å². The van der Waals surface area contributed by atoms with Gasteiger partial charge in [-0.15, -0.1) is 11.3 Å². The Labute approximate surface area is 166 Å². The summed E-state index contributed by atoms with van der Waals surface area (Å²) in [5.74, 6) is -0.644. The van der Waals surface area contributed by atoms with Crippen LogP contribution in [0, 0.1) is 5.82 Å². The molecule has 7 heteroatoms. The average molecular weight is 397 g/mol. The summed E-state index contributed by atoms with van der Waals surface area (Å²) in [5, 5.41) is 3.65. The topological polar surface area (TPSA) is 62.3 Å². The molecule has 1 saturated heterocycles. The van der Waals surface area contributed by atoms with Crippen molar-refractivity contribution in [2.24, 2.45) is 0 Å². The number of nitrogens with one attached hydrogen (secondary N) is 1. The number of amides is 2. The fraction of sp³-hybridized carbons (Fsp3) is 0.286. The molecular formula is C21H20FN3O2S. The SMILES string of the molecule is O=C(CCC(=O)N1CCCC1c1nc2ccccc2s1)Nc1ccc(F)cc1. The van der Waals surface area contributed by atoms with E-state index in [9.17, 15) is 14.0 Å². The van der Waals surface area contributed by atoms with Crippen molar-refractivity contribution in [3.63, 3.8) is 0 Å². The molecule has 2 heterocycles. The minimum absolute atomic E-state index is 0.00920. The van der Waals surface area contributed by atoms with Gasteiger partial charge in [-0.1, -0.05) is 12.1 Å². The van der Waals surface area contributed by atoms with Gasteiger partial charge >= 0.3 is 0 Å². The lowest BCUT2D eigenvalue weighted by Gasteiger charge is -2.23. The summed E-state index contributed by atoms with van der Waals surface area (Å²) in [6.45, 7) is 0.693. The van der Waals surface area contributed by atoms with Crippen molar-refractivity contribution in [2.45, 2.75) is 31.7 Å². The van der Waals surface area contributed by atoms with E-state index in [0.717, 1.165) is 28.1 Å². The molecule has 28 heavy (non-hydrogen) atoms. The largest absolute Gasteiger partial charge is 0.333 e. The first-order valence-electron chi connectivity index (χ1n) is 9.30. The summed E-state index contributed by atoms with van der Waals surface area (Å²) < 4.78 is 14.0. The number of carbonyl (C=O) groups is 2. The van der Waals surface area contributed by atoms with Gasteiger partial charge in [0.2, 0.25) is 11.8 Å². The van der Waals surface area contributed by atoms with Gasteiger partial charge in [0.1, 0.15) is 10.8 Å². The number of para-hydroxylation sites is 1. The van der Waals surface area contributed by atoms with Gasteiger partial charge in [0.15, 0.2) is 0 Å². The van der Waals surface area contributed by atoms with Gasteiger partial charge in [0, 0.05) is 25.1 Å². The van der Waals surface area contributed by atoms with Crippen LogP contribution in [0.5, 0.6) is 0 Å². The molecule has 5 nitrogen and oxygen atoms in total. The molecule has 1 aliphatic heterocycles. The van der Waals surface area contributed by atoms with Gasteiger partial charge in [-0.05, 0) is 49.2 Å². The summed E-state index contributed by atoms with van der Waals surface area (Å²) in [6.07, 6.45) is 2.08. The molecule has 1 unspecified atom stereocenters. The summed E-state index contributed by atoms with van der Waals surface area (Å²) >= 11 is 1.63. The zero-order valence-electron chi connectivity index (χ0n) is 15.2. The quantitative estimate of drug-likeness (QED) is 0.689. The van der Waals surface area contributed by atoms with Crippen molar-refractivity contribution in [3.05, 3.63) is 59.4 Å². The van der Waals surface area contributed by atoms with Crippen molar-refractivity contribution < 1.29 is 14.0 Å². The number of fused-ring (bicyclic) bond motifs is 1. The number of thiazole rings is 1. The molecule has 2 amide bonds. The Bertz CT molecular complexity index is 969. The Morgan fingerprint density at radius 2 is 1.93 bits per heavy atom. The van der Waals surface area contributed by atoms with E-state index in [0.29, 0.717) is 12.2 Å². The number of rotatable bonds is 5. The third kappa shape index (κ3) is 4.04. The number of halogens is 1. The maximum atomic E-state index is 12.9. The highest BCUT2D eigenvalue weighted by atomic mass is 32.1. The predicted octanol–water partition coefficient (Wildman–Crippen LogP) is 4.52. The first kappa shape index (κ1) is 18.6. The van der Waals surface area contributed by atoms with E-state index in [4.69, 9.17) is 4.98 Å². The molecular weight excluding hydrogens is 377 g/mol. The van der Waals surface area contributed by atoms with E-state index in [1.165, 1.54) is 24.3 Å². The Kier molecular flexibility index (Phi) is 5.34. The number of likely N-dealkylation sites (tertiary alicyclic amines) is 1. The molecule has 1 aromatic heterocycles. The molecule has 0 spiro atoms. The van der Waals surface area contributed by atoms with E-state index in [1.807, 2.05) is 29.2 Å². The minimum atomic E-state index is -0.358. The number of hydrogen-bond acceptors (Lipinski definition) is 4. The smallest absolute Gasteiger partial charge is 0.224 e. The van der Waals surface area contributed by atoms with Gasteiger partial charge in [-0.2, -0.15) is 0 Å². The molecule has 0 radical (unpaired) electrons. The second-order valence-electron chi connectivity index (χ2n) is 6.82. The molecule has 0 saturated carbocycles. The summed E-state index contributed by atoms with van der Waals surface area (Å²) in [5.41, 5.74) is 1.48. The Morgan fingerprint density at radius 1 is 1.14 bits per heavy atom. The van der Waals surface area contributed by atoms with Crippen LogP contribution in [0.2, 0.25) is 0 Å². The van der Waals surface area contributed by atoms with Crippen LogP contribution in [-0.4, -0.2) is 28.2 Å². The van der Waals surface area contributed by atoms with Crippen LogP contribution in [0.25, 0.3) is 10.2 Å². The van der Waals surface area contributed by atoms with Crippen molar-refractivity contribution in [1.82, 2.24) is 9.88 Å². The second kappa shape index (κ2) is 8.06. The average Bonchev–Trinajstić information content (AvgIpc) is 3.34. The monoisotopic (exact) mass is 397 g/mol. The maximum Gasteiger partial charge on any atom is 0.224 e. The predicted molar refractivity (Wildman–Crippen MR) is 108 cm³/mol. The zero-order chi connectivity index (χ0) is 19.5. The van der Waals surface area contributed by atoms with Gasteiger partial charge in [-0.25, -0.2) is 9.37 Å². The highest BCUT2D eigenvalue weighted by molar-refractivity contribution is 7.18. The molecule has 0 aliphatic carbocycles. The summed E-state index contributed by atoms with van der Waals surface area (Å²) in [7, 11) is 0. The lowest BCUT2D eigenvalue weighted by atomic mass is 10.2. The Balaban J connectivity index is 1.36. The number of nitrogens with zero attached hydrogens (tertiary/aromatic N) is 2. The molecule has 1 N–H and O–H groups in total. The van der Waals surface area contributed by atoms with E-state index in [1.54, 1.807) is 11.3 Å². The molecule has 1 fully saturated rings. The normalized spacial score (nSPS) is 16.5. The lowest BCUT2D eigenvalue weighted by molar-refractivity contribution is -0.133. The van der Waals surface area contributed by atoms with Gasteiger partial charge < -0.3 is 10.2 Å². The van der Waals surface area contributed by atoms with Crippen LogP contribution in [0.4, 0.5) is 10.1 Å². The van der Waals surface area contributed by atoms with E-state index in [2.05, 4.69) is 5.32 Å². The second-order valence-corrected chi connectivity index (χ2v) is 7.88. The van der Waals surface area contributed by atoms with Crippen molar-refractivity contribution in [1.29, 1.82) is 0 Å². The van der Waals surface area contributed by atoms with Crippen LogP contribution < -0.4 is 5.32 Å². The maximum absolute atomic E-state index is 12.9. The van der Waals surface area contributed by atoms with Crippen molar-refractivity contribution in [2.75, 3.05) is 11.9 Å².